The van der Waals surface area contributed by atoms with Gasteiger partial charge in [0.1, 0.15) is 6.10 Å². The van der Waals surface area contributed by atoms with Gasteiger partial charge in [0.05, 0.1) is 28.5 Å². The van der Waals surface area contributed by atoms with Gasteiger partial charge in [-0.1, -0.05) is 18.2 Å². The van der Waals surface area contributed by atoms with E-state index in [1.54, 1.807) is 30.3 Å². The summed E-state index contributed by atoms with van der Waals surface area (Å²) in [5.41, 5.74) is 0.907. The molecular formula is C18H22N2O5S2. The molecule has 7 nitrogen and oxygen atoms in total. The Morgan fingerprint density at radius 3 is 2.67 bits per heavy atom. The summed E-state index contributed by atoms with van der Waals surface area (Å²) in [5.74, 6) is -0.178. The molecule has 1 saturated heterocycles. The van der Waals surface area contributed by atoms with Crippen molar-refractivity contribution in [3.63, 3.8) is 0 Å². The van der Waals surface area contributed by atoms with Crippen molar-refractivity contribution < 1.29 is 23.1 Å². The molecule has 1 aromatic heterocycles. The fraction of sp³-hybridized carbons (Fsp3) is 0.389. The first kappa shape index (κ1) is 20.0. The van der Waals surface area contributed by atoms with Crippen LogP contribution in [0, 0.1) is 0 Å². The highest BCUT2D eigenvalue weighted by atomic mass is 32.2. The van der Waals surface area contributed by atoms with Gasteiger partial charge in [0, 0.05) is 19.3 Å². The van der Waals surface area contributed by atoms with Crippen molar-refractivity contribution in [2.75, 3.05) is 19.4 Å². The molecule has 1 aromatic carbocycles. The van der Waals surface area contributed by atoms with Gasteiger partial charge < -0.3 is 20.5 Å². The van der Waals surface area contributed by atoms with Crippen LogP contribution in [0.3, 0.4) is 0 Å². The molecule has 0 bridgehead atoms. The van der Waals surface area contributed by atoms with E-state index in [9.17, 15) is 18.3 Å². The maximum Gasteiger partial charge on any atom is 0.261 e. The third kappa shape index (κ3) is 5.14. The quantitative estimate of drug-likeness (QED) is 0.624. The minimum Gasteiger partial charge on any atom is -0.389 e. The molecule has 0 saturated carbocycles. The molecule has 2 aromatic rings. The van der Waals surface area contributed by atoms with Gasteiger partial charge in [-0.3, -0.25) is 4.79 Å². The lowest BCUT2D eigenvalue weighted by molar-refractivity contribution is 0.0399. The SMILES string of the molecule is CS(=O)(=O)c1ccc(CN[C@@H]2CO[C@H](CNC(=O)c3cccs3)[C@H]2O)cc1. The van der Waals surface area contributed by atoms with Gasteiger partial charge in [0.2, 0.25) is 0 Å². The first-order valence-corrected chi connectivity index (χ1v) is 11.3. The molecule has 0 radical (unpaired) electrons. The molecule has 1 aliphatic rings. The third-order valence-corrected chi connectivity index (χ3v) is 6.41. The maximum absolute atomic E-state index is 12.0. The Hall–Kier alpha value is -1.78. The van der Waals surface area contributed by atoms with Gasteiger partial charge in [-0.2, -0.15) is 0 Å². The van der Waals surface area contributed by atoms with E-state index in [4.69, 9.17) is 4.74 Å². The number of hydrogen-bond acceptors (Lipinski definition) is 7. The Balaban J connectivity index is 1.47. The topological polar surface area (TPSA) is 105 Å². The van der Waals surface area contributed by atoms with Gasteiger partial charge in [-0.25, -0.2) is 8.42 Å². The van der Waals surface area contributed by atoms with Crippen LogP contribution in [0.4, 0.5) is 0 Å². The summed E-state index contributed by atoms with van der Waals surface area (Å²) in [6.07, 6.45) is -0.0490. The Labute approximate surface area is 162 Å². The number of amides is 1. The number of ether oxygens (including phenoxy) is 1. The summed E-state index contributed by atoms with van der Waals surface area (Å²) in [5, 5.41) is 18.2. The van der Waals surface area contributed by atoms with Crippen LogP contribution in [0.5, 0.6) is 0 Å². The lowest BCUT2D eigenvalue weighted by Gasteiger charge is -2.19. The number of aliphatic hydroxyl groups excluding tert-OH is 1. The van der Waals surface area contributed by atoms with Crippen molar-refractivity contribution in [3.05, 3.63) is 52.2 Å². The van der Waals surface area contributed by atoms with Crippen molar-refractivity contribution >= 4 is 27.1 Å². The van der Waals surface area contributed by atoms with Crippen LogP contribution < -0.4 is 10.6 Å². The van der Waals surface area contributed by atoms with Crippen molar-refractivity contribution in [3.8, 4) is 0 Å². The fourth-order valence-electron chi connectivity index (χ4n) is 2.83. The Kier molecular flexibility index (Phi) is 6.28. The van der Waals surface area contributed by atoms with Crippen molar-refractivity contribution in [1.82, 2.24) is 10.6 Å². The van der Waals surface area contributed by atoms with Crippen LogP contribution in [0.2, 0.25) is 0 Å². The number of nitrogens with one attached hydrogen (secondary N) is 2. The Morgan fingerprint density at radius 2 is 2.04 bits per heavy atom. The molecule has 3 atom stereocenters. The molecule has 1 amide bonds. The molecular weight excluding hydrogens is 388 g/mol. The molecule has 9 heteroatoms. The average molecular weight is 411 g/mol. The van der Waals surface area contributed by atoms with Gasteiger partial charge in [-0.05, 0) is 29.1 Å². The van der Waals surface area contributed by atoms with Crippen LogP contribution in [0.1, 0.15) is 15.2 Å². The van der Waals surface area contributed by atoms with Crippen LogP contribution in [0.15, 0.2) is 46.7 Å². The monoisotopic (exact) mass is 410 g/mol. The minimum absolute atomic E-state index is 0.178. The zero-order chi connectivity index (χ0) is 19.4. The summed E-state index contributed by atoms with van der Waals surface area (Å²) in [7, 11) is -3.21. The number of benzene rings is 1. The average Bonchev–Trinajstić information content (AvgIpc) is 3.28. The second-order valence-corrected chi connectivity index (χ2v) is 9.42. The van der Waals surface area contributed by atoms with E-state index < -0.39 is 22.0 Å². The second kappa shape index (κ2) is 8.49. The van der Waals surface area contributed by atoms with Gasteiger partial charge in [-0.15, -0.1) is 11.3 Å². The molecule has 27 heavy (non-hydrogen) atoms. The highest BCUT2D eigenvalue weighted by Crippen LogP contribution is 2.16. The van der Waals surface area contributed by atoms with E-state index in [2.05, 4.69) is 10.6 Å². The predicted molar refractivity (Wildman–Crippen MR) is 103 cm³/mol. The number of thiophene rings is 1. The molecule has 2 heterocycles. The fourth-order valence-corrected chi connectivity index (χ4v) is 4.11. The molecule has 3 N–H and O–H groups in total. The molecule has 1 aliphatic heterocycles. The van der Waals surface area contributed by atoms with E-state index >= 15 is 0 Å². The summed E-state index contributed by atoms with van der Waals surface area (Å²) in [6.45, 7) is 1.05. The molecule has 146 valence electrons. The van der Waals surface area contributed by atoms with Gasteiger partial charge in [0.15, 0.2) is 9.84 Å². The number of sulfone groups is 1. The van der Waals surface area contributed by atoms with Crippen molar-refractivity contribution in [2.24, 2.45) is 0 Å². The van der Waals surface area contributed by atoms with Gasteiger partial charge in [0.25, 0.3) is 5.91 Å². The number of aliphatic hydroxyl groups is 1. The smallest absolute Gasteiger partial charge is 0.261 e. The number of carbonyl (C=O) groups is 1. The molecule has 1 fully saturated rings. The summed E-state index contributed by atoms with van der Waals surface area (Å²) >= 11 is 1.36. The summed E-state index contributed by atoms with van der Waals surface area (Å²) in [6, 6.07) is 9.90. The first-order chi connectivity index (χ1) is 12.8. The lowest BCUT2D eigenvalue weighted by atomic mass is 10.1. The van der Waals surface area contributed by atoms with Crippen LogP contribution in [0.25, 0.3) is 0 Å². The zero-order valence-electron chi connectivity index (χ0n) is 14.8. The Morgan fingerprint density at radius 1 is 1.30 bits per heavy atom. The number of rotatable bonds is 7. The van der Waals surface area contributed by atoms with Crippen LogP contribution >= 0.6 is 11.3 Å². The van der Waals surface area contributed by atoms with E-state index in [0.29, 0.717) is 18.0 Å². The largest absolute Gasteiger partial charge is 0.389 e. The molecule has 3 rings (SSSR count). The number of carbonyl (C=O) groups excluding carboxylic acids is 1. The molecule has 0 unspecified atom stereocenters. The van der Waals surface area contributed by atoms with Gasteiger partial charge >= 0.3 is 0 Å². The highest BCUT2D eigenvalue weighted by molar-refractivity contribution is 7.90. The standard InChI is InChI=1S/C18H22N2O5S2/c1-27(23,24)13-6-4-12(5-7-13)9-19-14-11-25-15(17(14)21)10-20-18(22)16-3-2-8-26-16/h2-8,14-15,17,19,21H,9-11H2,1H3,(H,20,22)/t14-,15-,17+/m1/s1. The minimum atomic E-state index is -3.21. The van der Waals surface area contributed by atoms with Crippen LogP contribution in [-0.2, 0) is 21.1 Å². The highest BCUT2D eigenvalue weighted by Gasteiger charge is 2.35. The maximum atomic E-state index is 12.0. The molecule has 0 spiro atoms. The first-order valence-electron chi connectivity index (χ1n) is 8.48. The zero-order valence-corrected chi connectivity index (χ0v) is 16.4. The third-order valence-electron chi connectivity index (χ3n) is 4.41. The summed E-state index contributed by atoms with van der Waals surface area (Å²) < 4.78 is 28.6. The second-order valence-electron chi connectivity index (χ2n) is 6.45. The Bertz CT molecular complexity index is 866. The van der Waals surface area contributed by atoms with Crippen molar-refractivity contribution in [2.45, 2.75) is 29.7 Å². The van der Waals surface area contributed by atoms with E-state index in [1.807, 2.05) is 11.4 Å². The van der Waals surface area contributed by atoms with Crippen LogP contribution in [-0.4, -0.2) is 57.1 Å². The van der Waals surface area contributed by atoms with E-state index in [1.165, 1.54) is 17.6 Å². The predicted octanol–water partition coefficient (Wildman–Crippen LogP) is 0.799. The van der Waals surface area contributed by atoms with E-state index in [0.717, 1.165) is 5.56 Å². The molecule has 0 aliphatic carbocycles. The normalized spacial score (nSPS) is 22.7. The number of hydrogen-bond donors (Lipinski definition) is 3. The van der Waals surface area contributed by atoms with Crippen molar-refractivity contribution in [1.29, 1.82) is 0 Å². The van der Waals surface area contributed by atoms with E-state index in [-0.39, 0.29) is 23.4 Å². The lowest BCUT2D eigenvalue weighted by Crippen LogP contribution is -2.44. The summed E-state index contributed by atoms with van der Waals surface area (Å²) in [4.78, 5) is 12.9.